The van der Waals surface area contributed by atoms with Gasteiger partial charge in [0.15, 0.2) is 0 Å². The highest BCUT2D eigenvalue weighted by atomic mass is 32.2. The van der Waals surface area contributed by atoms with Crippen LogP contribution in [0.25, 0.3) is 0 Å². The van der Waals surface area contributed by atoms with E-state index in [-0.39, 0.29) is 0 Å². The molecule has 1 amide bonds. The maximum atomic E-state index is 12.3. The molecule has 0 unspecified atom stereocenters. The monoisotopic (exact) mass is 270 g/mol. The van der Waals surface area contributed by atoms with E-state index in [0.717, 1.165) is 0 Å². The summed E-state index contributed by atoms with van der Waals surface area (Å²) in [5.41, 5.74) is 5.45. The lowest BCUT2D eigenvalue weighted by Gasteiger charge is -2.17. The van der Waals surface area contributed by atoms with Crippen LogP contribution >= 0.6 is 0 Å². The first-order chi connectivity index (χ1) is 8.10. The maximum absolute atomic E-state index is 12.3. The zero-order valence-electron chi connectivity index (χ0n) is 11.0. The highest BCUT2D eigenvalue weighted by Crippen LogP contribution is 2.15. The molecule has 0 aliphatic carbocycles. The molecule has 0 aliphatic rings. The highest BCUT2D eigenvalue weighted by Gasteiger charge is 2.17. The number of nitrogens with two attached hydrogens (primary N) is 1. The average Bonchev–Trinajstić information content (AvgIpc) is 2.13. The molecule has 0 heterocycles. The molecule has 0 fully saturated rings. The molecule has 0 spiro atoms. The number of nitrogen functional groups attached to an aromatic ring is 1. The van der Waals surface area contributed by atoms with Crippen molar-refractivity contribution >= 4 is 21.5 Å². The third-order valence-corrected chi connectivity index (χ3v) is 3.60. The number of nitrogens with zero attached hydrogens (tertiary/aromatic N) is 1. The minimum Gasteiger partial charge on any atom is -0.442 e. The fourth-order valence-corrected chi connectivity index (χ4v) is 2.26. The average molecular weight is 270 g/mol. The summed E-state index contributed by atoms with van der Waals surface area (Å²) in [4.78, 5) is 12.0. The number of carbonyl (C=O) groups excluding carboxylic acids is 1. The van der Waals surface area contributed by atoms with Crippen LogP contribution in [-0.2, 0) is 14.5 Å². The predicted octanol–water partition coefficient (Wildman–Crippen LogP) is 2.66. The molecule has 6 heteroatoms. The number of hydrogen-bond acceptors (Lipinski definition) is 4. The van der Waals surface area contributed by atoms with E-state index in [2.05, 4.69) is 4.36 Å². The minimum absolute atomic E-state index is 0.447. The van der Waals surface area contributed by atoms with Gasteiger partial charge in [-0.3, -0.25) is 0 Å². The van der Waals surface area contributed by atoms with Gasteiger partial charge in [-0.2, -0.15) is 0 Å². The zero-order valence-corrected chi connectivity index (χ0v) is 11.8. The second kappa shape index (κ2) is 4.97. The van der Waals surface area contributed by atoms with Gasteiger partial charge in [0, 0.05) is 16.8 Å². The fourth-order valence-electron chi connectivity index (χ4n) is 1.20. The van der Waals surface area contributed by atoms with E-state index in [0.29, 0.717) is 10.6 Å². The Labute approximate surface area is 108 Å². The quantitative estimate of drug-likeness (QED) is 0.795. The Balaban J connectivity index is 3.03. The first kappa shape index (κ1) is 14.5. The minimum atomic E-state index is -2.80. The molecule has 1 atom stereocenters. The molecular formula is C12H18N2O3S. The number of ether oxygens (including phenoxy) is 1. The van der Waals surface area contributed by atoms with Crippen molar-refractivity contribution in [1.82, 2.24) is 0 Å². The molecule has 1 rings (SSSR count). The summed E-state index contributed by atoms with van der Waals surface area (Å²) < 4.78 is 20.9. The predicted molar refractivity (Wildman–Crippen MR) is 71.8 cm³/mol. The second-order valence-electron chi connectivity index (χ2n) is 4.94. The van der Waals surface area contributed by atoms with E-state index in [4.69, 9.17) is 10.5 Å². The Morgan fingerprint density at radius 3 is 2.22 bits per heavy atom. The lowest BCUT2D eigenvalue weighted by Crippen LogP contribution is -2.22. The van der Waals surface area contributed by atoms with Gasteiger partial charge in [-0.15, -0.1) is 4.36 Å². The molecule has 0 aliphatic heterocycles. The van der Waals surface area contributed by atoms with Gasteiger partial charge in [0.05, 0.1) is 9.73 Å². The van der Waals surface area contributed by atoms with Gasteiger partial charge in [0.2, 0.25) is 0 Å². The molecule has 1 aromatic carbocycles. The van der Waals surface area contributed by atoms with E-state index in [1.807, 2.05) is 0 Å². The summed E-state index contributed by atoms with van der Waals surface area (Å²) in [5, 5.41) is 0. The number of benzene rings is 1. The van der Waals surface area contributed by atoms with Crippen LogP contribution in [0.2, 0.25) is 0 Å². The SMILES string of the molecule is CC(C)(C)OC(=O)N=[S@](C)(=O)c1ccc(N)cc1. The summed E-state index contributed by atoms with van der Waals surface area (Å²) in [6.45, 7) is 5.17. The molecule has 0 saturated heterocycles. The Kier molecular flexibility index (Phi) is 4.01. The van der Waals surface area contributed by atoms with Crippen molar-refractivity contribution in [2.24, 2.45) is 4.36 Å². The van der Waals surface area contributed by atoms with E-state index >= 15 is 0 Å². The topological polar surface area (TPSA) is 81.8 Å². The van der Waals surface area contributed by atoms with Crippen LogP contribution in [0.4, 0.5) is 10.5 Å². The molecule has 2 N–H and O–H groups in total. The smallest absolute Gasteiger partial charge is 0.442 e. The number of carbonyl (C=O) groups is 1. The van der Waals surface area contributed by atoms with Crippen LogP contribution in [0, 0.1) is 0 Å². The molecule has 0 saturated carbocycles. The van der Waals surface area contributed by atoms with E-state index < -0.39 is 21.4 Å². The summed E-state index contributed by atoms with van der Waals surface area (Å²) in [7, 11) is -2.80. The number of rotatable bonds is 1. The highest BCUT2D eigenvalue weighted by molar-refractivity contribution is 7.93. The molecule has 1 aromatic rings. The van der Waals surface area contributed by atoms with Crippen molar-refractivity contribution < 1.29 is 13.7 Å². The van der Waals surface area contributed by atoms with Gasteiger partial charge in [-0.1, -0.05) is 0 Å². The summed E-state index contributed by atoms with van der Waals surface area (Å²) in [6, 6.07) is 6.41. The van der Waals surface area contributed by atoms with Crippen LogP contribution in [-0.4, -0.2) is 22.2 Å². The van der Waals surface area contributed by atoms with Gasteiger partial charge < -0.3 is 10.5 Å². The second-order valence-corrected chi connectivity index (χ2v) is 7.20. The fraction of sp³-hybridized carbons (Fsp3) is 0.417. The van der Waals surface area contributed by atoms with E-state index in [1.165, 1.54) is 6.26 Å². The van der Waals surface area contributed by atoms with Crippen LogP contribution in [0.1, 0.15) is 20.8 Å². The third-order valence-electron chi connectivity index (χ3n) is 1.96. The van der Waals surface area contributed by atoms with Crippen molar-refractivity contribution in [3.8, 4) is 0 Å². The van der Waals surface area contributed by atoms with E-state index in [9.17, 15) is 9.00 Å². The molecule has 5 nitrogen and oxygen atoms in total. The number of amides is 1. The third kappa shape index (κ3) is 4.37. The van der Waals surface area contributed by atoms with Crippen LogP contribution in [0.15, 0.2) is 33.5 Å². The van der Waals surface area contributed by atoms with Gasteiger partial charge in [-0.25, -0.2) is 9.00 Å². The van der Waals surface area contributed by atoms with Crippen molar-refractivity contribution in [3.63, 3.8) is 0 Å². The summed E-state index contributed by atoms with van der Waals surface area (Å²) in [6.07, 6.45) is 0.564. The van der Waals surface area contributed by atoms with Crippen LogP contribution < -0.4 is 5.73 Å². The van der Waals surface area contributed by atoms with Gasteiger partial charge >= 0.3 is 6.09 Å². The van der Waals surface area contributed by atoms with Crippen molar-refractivity contribution in [3.05, 3.63) is 24.3 Å². The van der Waals surface area contributed by atoms with E-state index in [1.54, 1.807) is 45.0 Å². The maximum Gasteiger partial charge on any atom is 0.442 e. The van der Waals surface area contributed by atoms with Crippen LogP contribution in [0.3, 0.4) is 0 Å². The standard InChI is InChI=1S/C12H18N2O3S/c1-12(2,3)17-11(15)14-18(4,16)10-7-5-9(13)6-8-10/h5-8H,13H2,1-4H3/t18-/m1/s1. The van der Waals surface area contributed by atoms with Gasteiger partial charge in [0.25, 0.3) is 0 Å². The van der Waals surface area contributed by atoms with Crippen molar-refractivity contribution in [2.75, 3.05) is 12.0 Å². The summed E-state index contributed by atoms with van der Waals surface area (Å²) in [5.74, 6) is 0. The molecular weight excluding hydrogens is 252 g/mol. The molecule has 100 valence electrons. The Bertz CT molecular complexity index is 550. The number of anilines is 1. The zero-order chi connectivity index (χ0) is 14.0. The normalized spacial score (nSPS) is 14.7. The van der Waals surface area contributed by atoms with Crippen molar-refractivity contribution in [1.29, 1.82) is 0 Å². The summed E-state index contributed by atoms with van der Waals surface area (Å²) >= 11 is 0. The Morgan fingerprint density at radius 2 is 1.78 bits per heavy atom. The molecule has 18 heavy (non-hydrogen) atoms. The first-order valence-corrected chi connectivity index (χ1v) is 7.33. The lowest BCUT2D eigenvalue weighted by molar-refractivity contribution is 0.0607. The van der Waals surface area contributed by atoms with Crippen LogP contribution in [0.5, 0.6) is 0 Å². The largest absolute Gasteiger partial charge is 0.442 e. The van der Waals surface area contributed by atoms with Gasteiger partial charge in [-0.05, 0) is 45.0 Å². The number of hydrogen-bond donors (Lipinski definition) is 1. The Hall–Kier alpha value is -1.56. The Morgan fingerprint density at radius 1 is 1.28 bits per heavy atom. The van der Waals surface area contributed by atoms with Crippen molar-refractivity contribution in [2.45, 2.75) is 31.3 Å². The van der Waals surface area contributed by atoms with Gasteiger partial charge in [0.1, 0.15) is 5.60 Å². The first-order valence-electron chi connectivity index (χ1n) is 5.41. The molecule has 0 bridgehead atoms. The molecule has 0 radical (unpaired) electrons. The lowest BCUT2D eigenvalue weighted by atomic mass is 10.2. The molecule has 0 aromatic heterocycles.